The topological polar surface area (TPSA) is 38.0 Å². The molecule has 2 heteroatoms. The number of nitrogens with one attached hydrogen (secondary N) is 1. The second-order valence-electron chi connectivity index (χ2n) is 4.33. The first-order valence-electron chi connectivity index (χ1n) is 5.12. The van der Waals surface area contributed by atoms with Crippen molar-refractivity contribution in [2.75, 3.05) is 13.1 Å². The zero-order chi connectivity index (χ0) is 9.03. The van der Waals surface area contributed by atoms with Crippen molar-refractivity contribution < 1.29 is 0 Å². The van der Waals surface area contributed by atoms with E-state index < -0.39 is 0 Å². The first-order chi connectivity index (χ1) is 5.69. The third-order valence-corrected chi connectivity index (χ3v) is 3.37. The third kappa shape index (κ3) is 2.20. The molecule has 0 radical (unpaired) electrons. The highest BCUT2D eigenvalue weighted by Gasteiger charge is 2.32. The molecule has 3 N–H and O–H groups in total. The van der Waals surface area contributed by atoms with Gasteiger partial charge >= 0.3 is 0 Å². The van der Waals surface area contributed by atoms with Crippen molar-refractivity contribution in [2.45, 2.75) is 45.6 Å². The maximum absolute atomic E-state index is 5.53. The predicted octanol–water partition coefficient (Wildman–Crippen LogP) is 1.50. The highest BCUT2D eigenvalue weighted by Crippen LogP contribution is 2.35. The van der Waals surface area contributed by atoms with E-state index in [9.17, 15) is 0 Å². The van der Waals surface area contributed by atoms with E-state index in [1.54, 1.807) is 0 Å². The highest BCUT2D eigenvalue weighted by atomic mass is 14.9. The molecular weight excluding hydrogens is 148 g/mol. The van der Waals surface area contributed by atoms with Crippen LogP contribution in [0.15, 0.2) is 0 Å². The molecule has 0 amide bonds. The lowest BCUT2D eigenvalue weighted by Gasteiger charge is -2.40. The number of hydrogen-bond acceptors (Lipinski definition) is 2. The van der Waals surface area contributed by atoms with Crippen molar-refractivity contribution >= 4 is 0 Å². The molecule has 0 spiro atoms. The van der Waals surface area contributed by atoms with Gasteiger partial charge in [0.2, 0.25) is 0 Å². The maximum Gasteiger partial charge on any atom is 0.00925 e. The largest absolute Gasteiger partial charge is 0.330 e. The zero-order valence-corrected chi connectivity index (χ0v) is 8.40. The van der Waals surface area contributed by atoms with Gasteiger partial charge in [0, 0.05) is 6.04 Å². The molecule has 0 aromatic heterocycles. The lowest BCUT2D eigenvalue weighted by Crippen LogP contribution is -2.46. The van der Waals surface area contributed by atoms with E-state index in [0.717, 1.165) is 6.54 Å². The van der Waals surface area contributed by atoms with E-state index in [-0.39, 0.29) is 0 Å². The molecule has 0 aromatic rings. The van der Waals surface area contributed by atoms with Crippen molar-refractivity contribution in [3.05, 3.63) is 0 Å². The Hall–Kier alpha value is -0.0800. The van der Waals surface area contributed by atoms with Crippen LogP contribution >= 0.6 is 0 Å². The van der Waals surface area contributed by atoms with Gasteiger partial charge in [0.25, 0.3) is 0 Å². The molecule has 0 aromatic carbocycles. The summed E-state index contributed by atoms with van der Waals surface area (Å²) in [6.07, 6.45) is 5.13. The molecule has 1 saturated heterocycles. The van der Waals surface area contributed by atoms with E-state index in [2.05, 4.69) is 19.2 Å². The normalized spacial score (nSPS) is 36.8. The van der Waals surface area contributed by atoms with E-state index >= 15 is 0 Å². The van der Waals surface area contributed by atoms with Crippen LogP contribution in [0.25, 0.3) is 0 Å². The van der Waals surface area contributed by atoms with Crippen LogP contribution in [0.5, 0.6) is 0 Å². The molecule has 0 aliphatic carbocycles. The molecule has 2 nitrogen and oxygen atoms in total. The first kappa shape index (κ1) is 10.0. The van der Waals surface area contributed by atoms with E-state index in [0.29, 0.717) is 11.5 Å². The van der Waals surface area contributed by atoms with Crippen molar-refractivity contribution in [1.82, 2.24) is 5.32 Å². The third-order valence-electron chi connectivity index (χ3n) is 3.37. The van der Waals surface area contributed by atoms with Crippen molar-refractivity contribution in [1.29, 1.82) is 0 Å². The molecule has 1 aliphatic rings. The molecular formula is C10H22N2. The fourth-order valence-electron chi connectivity index (χ4n) is 2.12. The summed E-state index contributed by atoms with van der Waals surface area (Å²) >= 11 is 0. The Bertz CT molecular complexity index is 136. The van der Waals surface area contributed by atoms with Crippen LogP contribution in [-0.2, 0) is 0 Å². The monoisotopic (exact) mass is 170 g/mol. The van der Waals surface area contributed by atoms with Crippen LogP contribution < -0.4 is 11.1 Å². The smallest absolute Gasteiger partial charge is 0.00925 e. The van der Waals surface area contributed by atoms with E-state index in [1.807, 2.05) is 0 Å². The van der Waals surface area contributed by atoms with Crippen molar-refractivity contribution in [3.63, 3.8) is 0 Å². The Morgan fingerprint density at radius 3 is 2.92 bits per heavy atom. The van der Waals surface area contributed by atoms with Gasteiger partial charge in [-0.2, -0.15) is 0 Å². The van der Waals surface area contributed by atoms with Crippen molar-refractivity contribution in [2.24, 2.45) is 11.1 Å². The first-order valence-corrected chi connectivity index (χ1v) is 5.12. The molecule has 72 valence electrons. The lowest BCUT2D eigenvalue weighted by molar-refractivity contribution is 0.152. The molecule has 12 heavy (non-hydrogen) atoms. The second kappa shape index (κ2) is 4.24. The predicted molar refractivity (Wildman–Crippen MR) is 53.1 cm³/mol. The summed E-state index contributed by atoms with van der Waals surface area (Å²) in [6.45, 7) is 6.72. The summed E-state index contributed by atoms with van der Waals surface area (Å²) in [6, 6.07) is 0.665. The Kier molecular flexibility index (Phi) is 3.53. The average Bonchev–Trinajstić information content (AvgIpc) is 2.07. The molecule has 0 bridgehead atoms. The van der Waals surface area contributed by atoms with Crippen LogP contribution in [0.4, 0.5) is 0 Å². The summed E-state index contributed by atoms with van der Waals surface area (Å²) < 4.78 is 0. The van der Waals surface area contributed by atoms with Gasteiger partial charge in [0.15, 0.2) is 0 Å². The fraction of sp³-hybridized carbons (Fsp3) is 1.00. The molecule has 2 atom stereocenters. The summed E-state index contributed by atoms with van der Waals surface area (Å²) in [5.41, 5.74) is 6.03. The van der Waals surface area contributed by atoms with Gasteiger partial charge in [-0.15, -0.1) is 0 Å². The van der Waals surface area contributed by atoms with Gasteiger partial charge in [0.05, 0.1) is 0 Å². The summed E-state index contributed by atoms with van der Waals surface area (Å²) in [5, 5.41) is 3.54. The van der Waals surface area contributed by atoms with E-state index in [1.165, 1.54) is 32.2 Å². The number of hydrogen-bond donors (Lipinski definition) is 2. The minimum atomic E-state index is 0.498. The molecule has 1 aliphatic heterocycles. The van der Waals surface area contributed by atoms with Gasteiger partial charge in [-0.25, -0.2) is 0 Å². The van der Waals surface area contributed by atoms with Crippen LogP contribution in [-0.4, -0.2) is 19.1 Å². The van der Waals surface area contributed by atoms with Crippen LogP contribution in [0.3, 0.4) is 0 Å². The molecule has 0 saturated carbocycles. The fourth-order valence-corrected chi connectivity index (χ4v) is 2.12. The minimum absolute atomic E-state index is 0.498. The summed E-state index contributed by atoms with van der Waals surface area (Å²) in [5.74, 6) is 0. The van der Waals surface area contributed by atoms with Gasteiger partial charge in [-0.05, 0) is 51.1 Å². The minimum Gasteiger partial charge on any atom is -0.330 e. The van der Waals surface area contributed by atoms with Gasteiger partial charge in [-0.1, -0.05) is 6.92 Å². The molecule has 1 rings (SSSR count). The highest BCUT2D eigenvalue weighted by molar-refractivity contribution is 4.88. The summed E-state index contributed by atoms with van der Waals surface area (Å²) in [7, 11) is 0. The number of rotatable bonds is 3. The maximum atomic E-state index is 5.53. The van der Waals surface area contributed by atoms with Gasteiger partial charge < -0.3 is 11.1 Å². The van der Waals surface area contributed by atoms with Crippen LogP contribution in [0.2, 0.25) is 0 Å². The molecule has 2 unspecified atom stereocenters. The second-order valence-corrected chi connectivity index (χ2v) is 4.33. The summed E-state index contributed by atoms with van der Waals surface area (Å²) in [4.78, 5) is 0. The number of nitrogens with two attached hydrogens (primary N) is 1. The van der Waals surface area contributed by atoms with Gasteiger partial charge in [0.1, 0.15) is 0 Å². The lowest BCUT2D eigenvalue weighted by atomic mass is 9.73. The van der Waals surface area contributed by atoms with Crippen LogP contribution in [0, 0.1) is 5.41 Å². The van der Waals surface area contributed by atoms with E-state index in [4.69, 9.17) is 5.73 Å². The average molecular weight is 170 g/mol. The Balaban J connectivity index is 2.42. The number of piperidine rings is 1. The Morgan fingerprint density at radius 1 is 1.58 bits per heavy atom. The van der Waals surface area contributed by atoms with Crippen molar-refractivity contribution in [3.8, 4) is 0 Å². The molecule has 1 heterocycles. The zero-order valence-electron chi connectivity index (χ0n) is 8.40. The Labute approximate surface area is 75.9 Å². The molecule has 1 fully saturated rings. The Morgan fingerprint density at radius 2 is 2.33 bits per heavy atom. The quantitative estimate of drug-likeness (QED) is 0.673. The van der Waals surface area contributed by atoms with Crippen LogP contribution in [0.1, 0.15) is 39.5 Å². The standard InChI is InChI=1S/C10H22N2/c1-9-10(2,5-3-7-11)6-4-8-12-9/h9,12H,3-8,11H2,1-2H3. The van der Waals surface area contributed by atoms with Gasteiger partial charge in [-0.3, -0.25) is 0 Å². The SMILES string of the molecule is CC1NCCCC1(C)CCCN.